The summed E-state index contributed by atoms with van der Waals surface area (Å²) in [5, 5.41) is 14.2. The molecular formula is C28H30ClFN4O7S. The van der Waals surface area contributed by atoms with Crippen molar-refractivity contribution in [1.29, 1.82) is 0 Å². The molecule has 0 unspecified atom stereocenters. The SMILES string of the molecule is CC[C@@H](C(=O)NC)N(Cc1ccc(F)cc1)C(=O)CN(c1cc(Cl)ccc1OC)S(=O)(=O)c1ccc(C)c([N+](=O)[O-])c1. The smallest absolute Gasteiger partial charge is 0.273 e. The second-order valence-corrected chi connectivity index (χ2v) is 11.5. The summed E-state index contributed by atoms with van der Waals surface area (Å²) in [5.41, 5.74) is 0.208. The first-order valence-electron chi connectivity index (χ1n) is 12.7. The van der Waals surface area contributed by atoms with Crippen LogP contribution in [0.4, 0.5) is 15.8 Å². The van der Waals surface area contributed by atoms with Gasteiger partial charge in [0.15, 0.2) is 0 Å². The predicted octanol–water partition coefficient (Wildman–Crippen LogP) is 4.45. The second-order valence-electron chi connectivity index (χ2n) is 9.22. The Morgan fingerprint density at radius 1 is 1.12 bits per heavy atom. The molecule has 0 saturated heterocycles. The molecular weight excluding hydrogens is 591 g/mol. The van der Waals surface area contributed by atoms with Crippen LogP contribution in [0.3, 0.4) is 0 Å². The molecule has 0 fully saturated rings. The molecule has 0 bridgehead atoms. The number of carbonyl (C=O) groups is 2. The number of likely N-dealkylation sites (N-methyl/N-ethyl adjacent to an activating group) is 1. The number of nitro groups is 1. The van der Waals surface area contributed by atoms with Gasteiger partial charge in [-0.25, -0.2) is 12.8 Å². The van der Waals surface area contributed by atoms with Gasteiger partial charge in [-0.05, 0) is 55.3 Å². The summed E-state index contributed by atoms with van der Waals surface area (Å²) in [6.45, 7) is 2.19. The van der Waals surface area contributed by atoms with Crippen molar-refractivity contribution < 1.29 is 32.1 Å². The standard InChI is InChI=1S/C28H30ClFN4O7S/c1-5-23(28(36)31-3)32(16-19-7-10-21(30)11-8-19)27(35)17-33(25-14-20(29)9-13-26(25)41-4)42(39,40)22-12-6-18(2)24(15-22)34(37)38/h6-15,23H,5,16-17H2,1-4H3,(H,31,36)/t23-/m0/s1. The number of carbonyl (C=O) groups excluding carboxylic acids is 2. The Morgan fingerprint density at radius 3 is 2.36 bits per heavy atom. The molecule has 0 heterocycles. The summed E-state index contributed by atoms with van der Waals surface area (Å²) in [6.07, 6.45) is 0.185. The minimum Gasteiger partial charge on any atom is -0.495 e. The average molecular weight is 621 g/mol. The number of benzene rings is 3. The number of nitro benzene ring substituents is 1. The molecule has 11 nitrogen and oxygen atoms in total. The van der Waals surface area contributed by atoms with Crippen molar-refractivity contribution in [2.75, 3.05) is 25.0 Å². The van der Waals surface area contributed by atoms with Crippen molar-refractivity contribution in [3.63, 3.8) is 0 Å². The van der Waals surface area contributed by atoms with Crippen LogP contribution in [0.25, 0.3) is 0 Å². The zero-order valence-corrected chi connectivity index (χ0v) is 24.9. The number of nitrogens with zero attached hydrogens (tertiary/aromatic N) is 3. The van der Waals surface area contributed by atoms with E-state index in [1.165, 1.54) is 80.6 Å². The van der Waals surface area contributed by atoms with Gasteiger partial charge in [0.05, 0.1) is 22.6 Å². The fraction of sp³-hybridized carbons (Fsp3) is 0.286. The van der Waals surface area contributed by atoms with E-state index in [1.54, 1.807) is 6.92 Å². The Morgan fingerprint density at radius 2 is 1.79 bits per heavy atom. The minimum absolute atomic E-state index is 0.0563. The molecule has 0 spiro atoms. The second kappa shape index (κ2) is 13.6. The zero-order chi connectivity index (χ0) is 31.2. The van der Waals surface area contributed by atoms with Gasteiger partial charge in [0.1, 0.15) is 24.2 Å². The van der Waals surface area contributed by atoms with E-state index in [2.05, 4.69) is 5.32 Å². The lowest BCUT2D eigenvalue weighted by atomic mass is 10.1. The summed E-state index contributed by atoms with van der Waals surface area (Å²) < 4.78 is 47.9. The lowest BCUT2D eigenvalue weighted by Gasteiger charge is -2.33. The number of amides is 2. The van der Waals surface area contributed by atoms with Gasteiger partial charge in [-0.15, -0.1) is 0 Å². The maximum Gasteiger partial charge on any atom is 0.273 e. The molecule has 0 aliphatic rings. The van der Waals surface area contributed by atoms with Crippen LogP contribution in [0.15, 0.2) is 65.6 Å². The van der Waals surface area contributed by atoms with Gasteiger partial charge in [0, 0.05) is 30.2 Å². The van der Waals surface area contributed by atoms with Crippen LogP contribution in [0.5, 0.6) is 5.75 Å². The van der Waals surface area contributed by atoms with Crippen molar-refractivity contribution in [2.45, 2.75) is 37.8 Å². The van der Waals surface area contributed by atoms with Crippen molar-refractivity contribution >= 4 is 44.8 Å². The highest BCUT2D eigenvalue weighted by Crippen LogP contribution is 2.36. The number of hydrogen-bond acceptors (Lipinski definition) is 7. The molecule has 0 aliphatic heterocycles. The normalized spacial score (nSPS) is 11.9. The van der Waals surface area contributed by atoms with Gasteiger partial charge in [-0.3, -0.25) is 24.0 Å². The number of halogens is 2. The van der Waals surface area contributed by atoms with Crippen molar-refractivity contribution in [3.8, 4) is 5.75 Å². The van der Waals surface area contributed by atoms with Crippen molar-refractivity contribution in [1.82, 2.24) is 10.2 Å². The van der Waals surface area contributed by atoms with Crippen LogP contribution >= 0.6 is 11.6 Å². The first kappa shape index (κ1) is 32.3. The molecule has 2 amide bonds. The summed E-state index contributed by atoms with van der Waals surface area (Å²) >= 11 is 6.21. The molecule has 3 rings (SSSR count). The highest BCUT2D eigenvalue weighted by Gasteiger charge is 2.35. The minimum atomic E-state index is -4.65. The van der Waals surface area contributed by atoms with Gasteiger partial charge in [-0.1, -0.05) is 36.7 Å². The predicted molar refractivity (Wildman–Crippen MR) is 155 cm³/mol. The molecule has 0 aromatic heterocycles. The van der Waals surface area contributed by atoms with Crippen LogP contribution < -0.4 is 14.4 Å². The lowest BCUT2D eigenvalue weighted by molar-refractivity contribution is -0.385. The summed E-state index contributed by atoms with van der Waals surface area (Å²) in [5.74, 6) is -1.70. The molecule has 0 radical (unpaired) electrons. The van der Waals surface area contributed by atoms with Crippen molar-refractivity contribution in [3.05, 3.63) is 92.7 Å². The third-order valence-corrected chi connectivity index (χ3v) is 8.54. The topological polar surface area (TPSA) is 139 Å². The highest BCUT2D eigenvalue weighted by atomic mass is 35.5. The van der Waals surface area contributed by atoms with Crippen LogP contribution in [0.2, 0.25) is 5.02 Å². The number of hydrogen-bond donors (Lipinski definition) is 1. The molecule has 3 aromatic carbocycles. The van der Waals surface area contributed by atoms with E-state index in [4.69, 9.17) is 16.3 Å². The Kier molecular flexibility index (Phi) is 10.5. The molecule has 14 heteroatoms. The summed E-state index contributed by atoms with van der Waals surface area (Å²) in [6, 6.07) is 11.9. The number of aryl methyl sites for hydroxylation is 1. The van der Waals surface area contributed by atoms with Gasteiger partial charge in [-0.2, -0.15) is 0 Å². The van der Waals surface area contributed by atoms with E-state index < -0.39 is 55.7 Å². The van der Waals surface area contributed by atoms with Gasteiger partial charge >= 0.3 is 0 Å². The largest absolute Gasteiger partial charge is 0.495 e. The van der Waals surface area contributed by atoms with E-state index in [-0.39, 0.29) is 35.0 Å². The Labute approximate surface area is 248 Å². The molecule has 1 N–H and O–H groups in total. The van der Waals surface area contributed by atoms with Crippen LogP contribution in [-0.2, 0) is 26.2 Å². The van der Waals surface area contributed by atoms with E-state index in [1.807, 2.05) is 0 Å². The molecule has 42 heavy (non-hydrogen) atoms. The molecule has 3 aromatic rings. The highest BCUT2D eigenvalue weighted by molar-refractivity contribution is 7.92. The maximum absolute atomic E-state index is 14.1. The van der Waals surface area contributed by atoms with E-state index in [0.29, 0.717) is 5.56 Å². The zero-order valence-electron chi connectivity index (χ0n) is 23.3. The third kappa shape index (κ3) is 7.15. The first-order chi connectivity index (χ1) is 19.8. The van der Waals surface area contributed by atoms with E-state index >= 15 is 0 Å². The molecule has 0 saturated carbocycles. The van der Waals surface area contributed by atoms with Gasteiger partial charge in [0.25, 0.3) is 15.7 Å². The molecule has 1 atom stereocenters. The lowest BCUT2D eigenvalue weighted by Crippen LogP contribution is -2.51. The van der Waals surface area contributed by atoms with Crippen LogP contribution in [-0.4, -0.2) is 56.8 Å². The number of sulfonamides is 1. The van der Waals surface area contributed by atoms with Crippen LogP contribution in [0, 0.1) is 22.9 Å². The summed E-state index contributed by atoms with van der Waals surface area (Å²) in [7, 11) is -1.94. The average Bonchev–Trinajstić information content (AvgIpc) is 2.96. The quantitative estimate of drug-likeness (QED) is 0.233. The van der Waals surface area contributed by atoms with Crippen LogP contribution in [0.1, 0.15) is 24.5 Å². The Balaban J connectivity index is 2.18. The van der Waals surface area contributed by atoms with Crippen molar-refractivity contribution in [2.24, 2.45) is 0 Å². The number of anilines is 1. The number of ether oxygens (including phenoxy) is 1. The third-order valence-electron chi connectivity index (χ3n) is 6.55. The number of nitrogens with one attached hydrogen (secondary N) is 1. The van der Waals surface area contributed by atoms with Gasteiger partial charge < -0.3 is 15.0 Å². The number of rotatable bonds is 12. The Bertz CT molecular complexity index is 1590. The first-order valence-corrected chi connectivity index (χ1v) is 14.5. The monoisotopic (exact) mass is 620 g/mol. The fourth-order valence-electron chi connectivity index (χ4n) is 4.32. The Hall–Kier alpha value is -4.23. The molecule has 0 aliphatic carbocycles. The van der Waals surface area contributed by atoms with E-state index in [0.717, 1.165) is 10.4 Å². The molecule has 224 valence electrons. The maximum atomic E-state index is 14.1. The van der Waals surface area contributed by atoms with Gasteiger partial charge in [0.2, 0.25) is 11.8 Å². The summed E-state index contributed by atoms with van der Waals surface area (Å²) in [4.78, 5) is 38.4. The van der Waals surface area contributed by atoms with E-state index in [9.17, 15) is 32.5 Å². The number of methoxy groups -OCH3 is 1. The fourth-order valence-corrected chi connectivity index (χ4v) is 5.92.